The Balaban J connectivity index is 2.49. The summed E-state index contributed by atoms with van der Waals surface area (Å²) in [5.74, 6) is -0.929. The van der Waals surface area contributed by atoms with E-state index in [0.717, 1.165) is 10.6 Å². The van der Waals surface area contributed by atoms with E-state index in [-0.39, 0.29) is 28.2 Å². The SMILES string of the molecule is CCNC(=O)C(CC)N(Cc1ccccc1Cl)C(=O)CN(c1cc(Cl)ccc1Cl)S(C)(=O)=O. The number of hydrogen-bond acceptors (Lipinski definition) is 4. The molecule has 2 rings (SSSR count). The molecule has 0 radical (unpaired) electrons. The van der Waals surface area contributed by atoms with Gasteiger partial charge in [0.2, 0.25) is 21.8 Å². The second kappa shape index (κ2) is 11.9. The van der Waals surface area contributed by atoms with E-state index in [2.05, 4.69) is 5.32 Å². The Morgan fingerprint density at radius 3 is 2.27 bits per heavy atom. The minimum absolute atomic E-state index is 0.0228. The molecule has 0 aliphatic heterocycles. The van der Waals surface area contributed by atoms with E-state index in [1.165, 1.54) is 23.1 Å². The van der Waals surface area contributed by atoms with Crippen molar-refractivity contribution in [2.24, 2.45) is 0 Å². The predicted octanol–water partition coefficient (Wildman–Crippen LogP) is 4.36. The van der Waals surface area contributed by atoms with Crippen LogP contribution in [0.25, 0.3) is 0 Å². The van der Waals surface area contributed by atoms with Crippen LogP contribution in [0.2, 0.25) is 15.1 Å². The molecular weight excluding hydrogens is 509 g/mol. The first-order chi connectivity index (χ1) is 15.5. The van der Waals surface area contributed by atoms with Gasteiger partial charge in [0, 0.05) is 23.1 Å². The highest BCUT2D eigenvalue weighted by molar-refractivity contribution is 7.92. The topological polar surface area (TPSA) is 86.8 Å². The lowest BCUT2D eigenvalue weighted by atomic mass is 10.1. The Morgan fingerprint density at radius 1 is 1.03 bits per heavy atom. The van der Waals surface area contributed by atoms with E-state index in [1.54, 1.807) is 38.1 Å². The number of hydrogen-bond donors (Lipinski definition) is 1. The zero-order chi connectivity index (χ0) is 24.8. The molecule has 7 nitrogen and oxygen atoms in total. The fraction of sp³-hybridized carbons (Fsp3) is 0.364. The number of nitrogens with zero attached hydrogens (tertiary/aromatic N) is 2. The summed E-state index contributed by atoms with van der Waals surface area (Å²) in [7, 11) is -3.91. The van der Waals surface area contributed by atoms with E-state index in [4.69, 9.17) is 34.8 Å². The maximum atomic E-state index is 13.5. The van der Waals surface area contributed by atoms with Crippen LogP contribution in [0.4, 0.5) is 5.69 Å². The molecule has 33 heavy (non-hydrogen) atoms. The molecule has 0 spiro atoms. The van der Waals surface area contributed by atoms with Gasteiger partial charge < -0.3 is 10.2 Å². The lowest BCUT2D eigenvalue weighted by Gasteiger charge is -2.33. The van der Waals surface area contributed by atoms with Crippen LogP contribution < -0.4 is 9.62 Å². The Labute approximate surface area is 209 Å². The Bertz CT molecular complexity index is 1110. The van der Waals surface area contributed by atoms with E-state index < -0.39 is 28.5 Å². The summed E-state index contributed by atoms with van der Waals surface area (Å²) in [6.45, 7) is 3.39. The van der Waals surface area contributed by atoms with Crippen LogP contribution in [0.15, 0.2) is 42.5 Å². The molecule has 2 aromatic rings. The first kappa shape index (κ1) is 27.2. The van der Waals surface area contributed by atoms with Gasteiger partial charge in [-0.05, 0) is 43.2 Å². The van der Waals surface area contributed by atoms with Crippen molar-refractivity contribution in [2.45, 2.75) is 32.9 Å². The van der Waals surface area contributed by atoms with Gasteiger partial charge in [-0.2, -0.15) is 0 Å². The smallest absolute Gasteiger partial charge is 0.244 e. The third-order valence-electron chi connectivity index (χ3n) is 4.89. The first-order valence-corrected chi connectivity index (χ1v) is 13.2. The summed E-state index contributed by atoms with van der Waals surface area (Å²) in [5, 5.41) is 3.54. The van der Waals surface area contributed by atoms with Gasteiger partial charge >= 0.3 is 0 Å². The lowest BCUT2D eigenvalue weighted by Crippen LogP contribution is -2.52. The predicted molar refractivity (Wildman–Crippen MR) is 133 cm³/mol. The van der Waals surface area contributed by atoms with Gasteiger partial charge in [-0.1, -0.05) is 59.9 Å². The summed E-state index contributed by atoms with van der Waals surface area (Å²) >= 11 is 18.6. The quantitative estimate of drug-likeness (QED) is 0.491. The molecule has 0 aliphatic rings. The van der Waals surface area contributed by atoms with Gasteiger partial charge in [-0.15, -0.1) is 0 Å². The average molecular weight is 535 g/mol. The standard InChI is InChI=1S/C22H26Cl3N3O4S/c1-4-19(22(30)26-5-2)27(13-15-8-6-7-9-17(15)24)21(29)14-28(33(3,31)32)20-12-16(23)10-11-18(20)25/h6-12,19H,4-5,13-14H2,1-3H3,(H,26,30). The third-order valence-corrected chi connectivity index (χ3v) is 6.94. The van der Waals surface area contributed by atoms with Gasteiger partial charge in [0.1, 0.15) is 12.6 Å². The Hall–Kier alpha value is -2.00. The van der Waals surface area contributed by atoms with E-state index >= 15 is 0 Å². The van der Waals surface area contributed by atoms with Crippen LogP contribution in [0.3, 0.4) is 0 Å². The summed E-state index contributed by atoms with van der Waals surface area (Å²) in [6.07, 6.45) is 1.29. The number of rotatable bonds is 10. The second-order valence-electron chi connectivity index (χ2n) is 7.30. The lowest BCUT2D eigenvalue weighted by molar-refractivity contribution is -0.140. The van der Waals surface area contributed by atoms with Crippen molar-refractivity contribution in [2.75, 3.05) is 23.7 Å². The van der Waals surface area contributed by atoms with Gasteiger partial charge in [0.25, 0.3) is 0 Å². The number of benzene rings is 2. The maximum absolute atomic E-state index is 13.5. The molecular formula is C22H26Cl3N3O4S. The molecule has 0 saturated carbocycles. The molecule has 11 heteroatoms. The third kappa shape index (κ3) is 7.24. The van der Waals surface area contributed by atoms with Crippen LogP contribution in [0.5, 0.6) is 0 Å². The summed E-state index contributed by atoms with van der Waals surface area (Å²) in [6, 6.07) is 10.5. The van der Waals surface area contributed by atoms with Gasteiger partial charge in [-0.3, -0.25) is 13.9 Å². The zero-order valence-electron chi connectivity index (χ0n) is 18.5. The van der Waals surface area contributed by atoms with Crippen molar-refractivity contribution in [3.63, 3.8) is 0 Å². The maximum Gasteiger partial charge on any atom is 0.244 e. The highest BCUT2D eigenvalue weighted by Crippen LogP contribution is 2.31. The van der Waals surface area contributed by atoms with Crippen LogP contribution in [0.1, 0.15) is 25.8 Å². The van der Waals surface area contributed by atoms with Crippen LogP contribution >= 0.6 is 34.8 Å². The zero-order valence-corrected chi connectivity index (χ0v) is 21.6. The van der Waals surface area contributed by atoms with Crippen molar-refractivity contribution < 1.29 is 18.0 Å². The first-order valence-electron chi connectivity index (χ1n) is 10.2. The fourth-order valence-electron chi connectivity index (χ4n) is 3.29. The van der Waals surface area contributed by atoms with Crippen LogP contribution in [-0.2, 0) is 26.2 Å². The number of amides is 2. The van der Waals surface area contributed by atoms with Crippen molar-refractivity contribution >= 4 is 62.3 Å². The molecule has 2 aromatic carbocycles. The van der Waals surface area contributed by atoms with Gasteiger partial charge in [-0.25, -0.2) is 8.42 Å². The molecule has 0 fully saturated rings. The van der Waals surface area contributed by atoms with E-state index in [9.17, 15) is 18.0 Å². The van der Waals surface area contributed by atoms with Gasteiger partial charge in [0.15, 0.2) is 0 Å². The van der Waals surface area contributed by atoms with E-state index in [1.807, 2.05) is 0 Å². The van der Waals surface area contributed by atoms with Gasteiger partial charge in [0.05, 0.1) is 17.0 Å². The normalized spacial score (nSPS) is 12.2. The summed E-state index contributed by atoms with van der Waals surface area (Å²) in [4.78, 5) is 27.6. The highest BCUT2D eigenvalue weighted by atomic mass is 35.5. The molecule has 1 N–H and O–H groups in total. The monoisotopic (exact) mass is 533 g/mol. The molecule has 0 bridgehead atoms. The molecule has 1 atom stereocenters. The van der Waals surface area contributed by atoms with Crippen LogP contribution in [0, 0.1) is 0 Å². The summed E-state index contributed by atoms with van der Waals surface area (Å²) < 4.78 is 26.1. The number of nitrogens with one attached hydrogen (secondary N) is 1. The minimum Gasteiger partial charge on any atom is -0.355 e. The minimum atomic E-state index is -3.91. The van der Waals surface area contributed by atoms with Crippen molar-refractivity contribution in [3.05, 3.63) is 63.1 Å². The Morgan fingerprint density at radius 2 is 1.70 bits per heavy atom. The number of carbonyl (C=O) groups is 2. The molecule has 180 valence electrons. The number of sulfonamides is 1. The molecule has 0 aliphatic carbocycles. The number of carbonyl (C=O) groups excluding carboxylic acids is 2. The molecule has 0 aromatic heterocycles. The van der Waals surface area contributed by atoms with Crippen molar-refractivity contribution in [1.29, 1.82) is 0 Å². The van der Waals surface area contributed by atoms with Crippen molar-refractivity contribution in [1.82, 2.24) is 10.2 Å². The largest absolute Gasteiger partial charge is 0.355 e. The number of likely N-dealkylation sites (N-methyl/N-ethyl adjacent to an activating group) is 1. The molecule has 0 heterocycles. The number of halogens is 3. The molecule has 0 saturated heterocycles. The second-order valence-corrected chi connectivity index (χ2v) is 10.5. The fourth-order valence-corrected chi connectivity index (χ4v) is 4.78. The van der Waals surface area contributed by atoms with Crippen molar-refractivity contribution in [3.8, 4) is 0 Å². The average Bonchev–Trinajstić information content (AvgIpc) is 2.74. The Kier molecular flexibility index (Phi) is 9.84. The number of anilines is 1. The van der Waals surface area contributed by atoms with E-state index in [0.29, 0.717) is 23.6 Å². The summed E-state index contributed by atoms with van der Waals surface area (Å²) in [5.41, 5.74) is 0.700. The highest BCUT2D eigenvalue weighted by Gasteiger charge is 2.32. The van der Waals surface area contributed by atoms with Crippen LogP contribution in [-0.4, -0.2) is 50.5 Å². The molecule has 1 unspecified atom stereocenters. The molecule has 2 amide bonds.